The molecule has 0 unspecified atom stereocenters. The first-order valence-corrected chi connectivity index (χ1v) is 14.4. The zero-order valence-corrected chi connectivity index (χ0v) is 24.8. The summed E-state index contributed by atoms with van der Waals surface area (Å²) in [4.78, 5) is 28.9. The van der Waals surface area contributed by atoms with Crippen LogP contribution in [-0.2, 0) is 22.3 Å². The van der Waals surface area contributed by atoms with Gasteiger partial charge in [-0.1, -0.05) is 64.3 Å². The third kappa shape index (κ3) is 6.38. The lowest BCUT2D eigenvalue weighted by molar-refractivity contribution is -0.154. The lowest BCUT2D eigenvalue weighted by Gasteiger charge is -2.36. The van der Waals surface area contributed by atoms with Crippen LogP contribution in [0.5, 0.6) is 11.5 Å². The zero-order valence-electron chi connectivity index (χ0n) is 24.8. The lowest BCUT2D eigenvalue weighted by atomic mass is 9.72. The van der Waals surface area contributed by atoms with Crippen molar-refractivity contribution >= 4 is 11.9 Å². The van der Waals surface area contributed by atoms with Crippen molar-refractivity contribution < 1.29 is 37.3 Å². The number of likely N-dealkylation sites (tertiary alicyclic amines) is 1. The maximum atomic E-state index is 14.3. The van der Waals surface area contributed by atoms with Crippen molar-refractivity contribution in [2.24, 2.45) is 17.3 Å². The summed E-state index contributed by atoms with van der Waals surface area (Å²) in [5.74, 6) is -1.48. The highest BCUT2D eigenvalue weighted by atomic mass is 19.4. The minimum absolute atomic E-state index is 0.0707. The van der Waals surface area contributed by atoms with Gasteiger partial charge in [-0.3, -0.25) is 4.79 Å². The van der Waals surface area contributed by atoms with Crippen LogP contribution in [0, 0.1) is 17.3 Å². The number of carboxylic acids is 1. The molecule has 7 nitrogen and oxygen atoms in total. The number of hydrogen-bond acceptors (Lipinski definition) is 5. The second kappa shape index (κ2) is 12.5. The molecule has 10 heteroatoms. The van der Waals surface area contributed by atoms with Crippen LogP contribution < -0.4 is 14.8 Å². The van der Waals surface area contributed by atoms with E-state index >= 15 is 0 Å². The van der Waals surface area contributed by atoms with E-state index in [-0.39, 0.29) is 24.1 Å². The number of ether oxygens (including phenoxy) is 2. The highest BCUT2D eigenvalue weighted by Gasteiger charge is 2.59. The van der Waals surface area contributed by atoms with Crippen LogP contribution in [0.15, 0.2) is 42.5 Å². The molecule has 1 aliphatic carbocycles. The van der Waals surface area contributed by atoms with Gasteiger partial charge in [-0.25, -0.2) is 4.79 Å². The molecule has 2 aliphatic rings. The first kappa shape index (κ1) is 31.7. The molecular formula is C32H41F3N2O5. The molecule has 1 heterocycles. The van der Waals surface area contributed by atoms with Crippen molar-refractivity contribution in [3.8, 4) is 11.5 Å². The third-order valence-electron chi connectivity index (χ3n) is 8.73. The van der Waals surface area contributed by atoms with Crippen LogP contribution in [0.2, 0.25) is 0 Å². The molecule has 2 N–H and O–H groups in total. The number of benzene rings is 2. The van der Waals surface area contributed by atoms with E-state index in [2.05, 4.69) is 5.32 Å². The van der Waals surface area contributed by atoms with E-state index in [1.807, 2.05) is 39.0 Å². The Hall–Kier alpha value is -3.27. The van der Waals surface area contributed by atoms with Gasteiger partial charge in [0.1, 0.15) is 17.5 Å². The molecule has 0 aromatic heterocycles. The first-order chi connectivity index (χ1) is 19.8. The Balaban J connectivity index is 1.84. The first-order valence-electron chi connectivity index (χ1n) is 14.4. The molecule has 1 amide bonds. The number of alkyl halides is 3. The monoisotopic (exact) mass is 590 g/mol. The lowest BCUT2D eigenvalue weighted by Crippen LogP contribution is -2.49. The molecule has 42 heavy (non-hydrogen) atoms. The Morgan fingerprint density at radius 3 is 2.19 bits per heavy atom. The highest BCUT2D eigenvalue weighted by molar-refractivity contribution is 5.87. The zero-order chi connectivity index (χ0) is 30.8. The van der Waals surface area contributed by atoms with Crippen molar-refractivity contribution in [2.45, 2.75) is 83.7 Å². The topological polar surface area (TPSA) is 88.1 Å². The molecule has 4 atom stereocenters. The molecule has 1 saturated carbocycles. The Bertz CT molecular complexity index is 1270. The van der Waals surface area contributed by atoms with Crippen LogP contribution in [0.3, 0.4) is 0 Å². The number of para-hydroxylation sites is 1. The minimum Gasteiger partial charge on any atom is -0.496 e. The summed E-state index contributed by atoms with van der Waals surface area (Å²) in [6.07, 6.45) is -0.223. The Labute approximate surface area is 245 Å². The average molecular weight is 591 g/mol. The number of nitrogens with zero attached hydrogens (tertiary/aromatic N) is 1. The Morgan fingerprint density at radius 1 is 0.976 bits per heavy atom. The Kier molecular flexibility index (Phi) is 9.45. The van der Waals surface area contributed by atoms with Gasteiger partial charge in [0.25, 0.3) is 0 Å². The second-order valence-electron chi connectivity index (χ2n) is 12.4. The smallest absolute Gasteiger partial charge is 0.416 e. The molecule has 4 rings (SSSR count). The van der Waals surface area contributed by atoms with E-state index in [1.54, 1.807) is 11.0 Å². The van der Waals surface area contributed by atoms with Gasteiger partial charge < -0.3 is 24.8 Å². The summed E-state index contributed by atoms with van der Waals surface area (Å²) >= 11 is 0. The molecule has 1 saturated heterocycles. The van der Waals surface area contributed by atoms with Crippen molar-refractivity contribution in [2.75, 3.05) is 14.2 Å². The van der Waals surface area contributed by atoms with Crippen LogP contribution in [0.4, 0.5) is 13.2 Å². The summed E-state index contributed by atoms with van der Waals surface area (Å²) in [5.41, 5.74) is -0.217. The van der Waals surface area contributed by atoms with Crippen LogP contribution in [0.1, 0.15) is 75.6 Å². The normalized spacial score (nSPS) is 23.6. The largest absolute Gasteiger partial charge is 0.496 e. The van der Waals surface area contributed by atoms with Gasteiger partial charge in [0.15, 0.2) is 0 Å². The second-order valence-corrected chi connectivity index (χ2v) is 12.4. The summed E-state index contributed by atoms with van der Waals surface area (Å²) in [5, 5.41) is 14.2. The van der Waals surface area contributed by atoms with Gasteiger partial charge in [-0.15, -0.1) is 0 Å². The SMILES string of the molecule is COc1cc(C(F)(F)F)ccc1CN[C@@H]1[C@@H](C(C)(C)C)[C@H](C(=O)O)N(C(=O)C2CCCCC2)[C@@H]1c1ccccc1OC. The van der Waals surface area contributed by atoms with Gasteiger partial charge in [-0.05, 0) is 36.5 Å². The summed E-state index contributed by atoms with van der Waals surface area (Å²) in [6, 6.07) is 8.23. The average Bonchev–Trinajstić information content (AvgIpc) is 3.31. The highest BCUT2D eigenvalue weighted by Crippen LogP contribution is 2.51. The van der Waals surface area contributed by atoms with Crippen molar-refractivity contribution in [1.29, 1.82) is 0 Å². The number of carbonyl (C=O) groups is 2. The van der Waals surface area contributed by atoms with Crippen molar-refractivity contribution in [1.82, 2.24) is 10.2 Å². The summed E-state index contributed by atoms with van der Waals surface area (Å²) in [7, 11) is 2.85. The van der Waals surface area contributed by atoms with Gasteiger partial charge in [-0.2, -0.15) is 13.2 Å². The molecule has 1 aliphatic heterocycles. The van der Waals surface area contributed by atoms with Crippen LogP contribution in [-0.4, -0.2) is 48.2 Å². The van der Waals surface area contributed by atoms with Crippen molar-refractivity contribution in [3.05, 3.63) is 59.2 Å². The number of hydrogen-bond donors (Lipinski definition) is 2. The fraction of sp³-hybridized carbons (Fsp3) is 0.562. The van der Waals surface area contributed by atoms with E-state index in [0.717, 1.165) is 31.4 Å². The molecular weight excluding hydrogens is 549 g/mol. The number of nitrogens with one attached hydrogen (secondary N) is 1. The Morgan fingerprint density at radius 2 is 1.62 bits per heavy atom. The predicted octanol–water partition coefficient (Wildman–Crippen LogP) is 6.46. The van der Waals surface area contributed by atoms with Gasteiger partial charge in [0.2, 0.25) is 5.91 Å². The molecule has 2 fully saturated rings. The molecule has 2 aromatic rings. The van der Waals surface area contributed by atoms with E-state index in [0.29, 0.717) is 29.7 Å². The number of halogens is 3. The molecule has 0 bridgehead atoms. The van der Waals surface area contributed by atoms with E-state index in [1.165, 1.54) is 20.3 Å². The number of amides is 1. The minimum atomic E-state index is -4.52. The molecule has 230 valence electrons. The predicted molar refractivity (Wildman–Crippen MR) is 152 cm³/mol. The maximum Gasteiger partial charge on any atom is 0.416 e. The maximum absolute atomic E-state index is 14.3. The van der Waals surface area contributed by atoms with Crippen molar-refractivity contribution in [3.63, 3.8) is 0 Å². The quantitative estimate of drug-likeness (QED) is 0.367. The fourth-order valence-corrected chi connectivity index (χ4v) is 6.82. The van der Waals surface area contributed by atoms with E-state index in [9.17, 15) is 27.9 Å². The number of carbonyl (C=O) groups excluding carboxylic acids is 1. The fourth-order valence-electron chi connectivity index (χ4n) is 6.82. The molecule has 2 aromatic carbocycles. The van der Waals surface area contributed by atoms with Gasteiger partial charge in [0.05, 0.1) is 25.8 Å². The van der Waals surface area contributed by atoms with E-state index < -0.39 is 47.2 Å². The van der Waals surface area contributed by atoms with Crippen LogP contribution >= 0.6 is 0 Å². The third-order valence-corrected chi connectivity index (χ3v) is 8.73. The summed E-state index contributed by atoms with van der Waals surface area (Å²) < 4.78 is 51.1. The number of aliphatic carboxylic acids is 1. The number of carboxylic acid groups (broad SMARTS) is 1. The number of methoxy groups -OCH3 is 2. The van der Waals surface area contributed by atoms with Gasteiger partial charge in [0, 0.05) is 35.5 Å². The summed E-state index contributed by atoms with van der Waals surface area (Å²) in [6.45, 7) is 5.96. The number of rotatable bonds is 8. The van der Waals surface area contributed by atoms with Gasteiger partial charge >= 0.3 is 12.1 Å². The van der Waals surface area contributed by atoms with E-state index in [4.69, 9.17) is 9.47 Å². The van der Waals surface area contributed by atoms with Crippen LogP contribution in [0.25, 0.3) is 0 Å². The standard InChI is InChI=1S/C32H41F3N2O5/c1-31(2,3)25-26(36-18-20-15-16-21(32(33,34)35)17-24(20)42-5)27(22-13-9-10-14-23(22)41-4)37(28(25)30(39)40)29(38)19-11-7-6-8-12-19/h9-10,13-17,19,25-28,36H,6-8,11-12,18H2,1-5H3,(H,39,40)/t25-,26-,27-,28-/m1/s1. The molecule has 0 radical (unpaired) electrons. The molecule has 0 spiro atoms.